The number of rotatable bonds is 1. The minimum absolute atomic E-state index is 0.00699. The van der Waals surface area contributed by atoms with Crippen LogP contribution in [0.3, 0.4) is 0 Å². The zero-order valence-electron chi connectivity index (χ0n) is 11.3. The van der Waals surface area contributed by atoms with E-state index in [9.17, 15) is 17.6 Å². The van der Waals surface area contributed by atoms with Gasteiger partial charge in [0.2, 0.25) is 0 Å². The number of nitrogen functional groups attached to an aromatic ring is 1. The van der Waals surface area contributed by atoms with E-state index in [0.29, 0.717) is 6.07 Å². The molecule has 116 valence electrons. The van der Waals surface area contributed by atoms with Crippen LogP contribution in [0.4, 0.5) is 23.2 Å². The second-order valence-electron chi connectivity index (χ2n) is 5.32. The highest BCUT2D eigenvalue weighted by molar-refractivity contribution is 7.80. The summed E-state index contributed by atoms with van der Waals surface area (Å²) >= 11 is 4.88. The third-order valence-electron chi connectivity index (χ3n) is 3.46. The van der Waals surface area contributed by atoms with Gasteiger partial charge in [0.1, 0.15) is 28.3 Å². The van der Waals surface area contributed by atoms with Gasteiger partial charge in [-0.2, -0.15) is 0 Å². The van der Waals surface area contributed by atoms with E-state index in [0.717, 1.165) is 6.07 Å². The van der Waals surface area contributed by atoms with Crippen molar-refractivity contribution in [1.82, 2.24) is 5.32 Å². The van der Waals surface area contributed by atoms with E-state index in [1.165, 1.54) is 13.8 Å². The Hall–Kier alpha value is -1.41. The lowest BCUT2D eigenvalue weighted by Crippen LogP contribution is -2.51. The number of nitrogens with one attached hydrogen (secondary N) is 1. The average molecular weight is 322 g/mol. The van der Waals surface area contributed by atoms with Gasteiger partial charge in [-0.25, -0.2) is 17.6 Å². The number of hydrogen-bond acceptors (Lipinski definition) is 3. The second kappa shape index (κ2) is 5.10. The summed E-state index contributed by atoms with van der Waals surface area (Å²) in [5.74, 6) is -5.63. The average Bonchev–Trinajstić information content (AvgIpc) is 2.44. The molecular formula is C13H14F4N2OS. The first-order valence-corrected chi connectivity index (χ1v) is 6.52. The van der Waals surface area contributed by atoms with Gasteiger partial charge in [0.15, 0.2) is 0 Å². The largest absolute Gasteiger partial charge is 0.396 e. The lowest BCUT2D eigenvalue weighted by molar-refractivity contribution is -0.192. The number of anilines is 1. The molecule has 0 amide bonds. The van der Waals surface area contributed by atoms with Gasteiger partial charge in [0.25, 0.3) is 5.92 Å². The molecule has 0 radical (unpaired) electrons. The van der Waals surface area contributed by atoms with Gasteiger partial charge >= 0.3 is 0 Å². The summed E-state index contributed by atoms with van der Waals surface area (Å²) in [4.78, 5) is 0.00699. The quantitative estimate of drug-likeness (QED) is 0.474. The molecule has 1 aromatic carbocycles. The van der Waals surface area contributed by atoms with Crippen LogP contribution in [-0.4, -0.2) is 23.1 Å². The normalized spacial score (nSPS) is 24.3. The molecule has 0 saturated carbocycles. The van der Waals surface area contributed by atoms with E-state index >= 15 is 0 Å². The van der Waals surface area contributed by atoms with E-state index in [4.69, 9.17) is 22.7 Å². The molecule has 2 rings (SSSR count). The summed E-state index contributed by atoms with van der Waals surface area (Å²) in [6.45, 7) is 2.15. The van der Waals surface area contributed by atoms with E-state index in [2.05, 4.69) is 5.32 Å². The molecule has 0 aliphatic carbocycles. The monoisotopic (exact) mass is 322 g/mol. The van der Waals surface area contributed by atoms with Crippen LogP contribution in [-0.2, 0) is 4.74 Å². The first-order chi connectivity index (χ1) is 9.56. The highest BCUT2D eigenvalue weighted by Crippen LogP contribution is 2.44. The number of nitrogens with two attached hydrogens (primary N) is 1. The highest BCUT2D eigenvalue weighted by atomic mass is 32.1. The summed E-state index contributed by atoms with van der Waals surface area (Å²) < 4.78 is 61.5. The molecule has 1 atom stereocenters. The number of alkyl halides is 2. The summed E-state index contributed by atoms with van der Waals surface area (Å²) in [7, 11) is 0. The van der Waals surface area contributed by atoms with Gasteiger partial charge in [-0.3, -0.25) is 0 Å². The Bertz CT molecular complexity index is 592. The molecular weight excluding hydrogens is 308 g/mol. The van der Waals surface area contributed by atoms with Crippen LogP contribution in [0.5, 0.6) is 0 Å². The van der Waals surface area contributed by atoms with Crippen LogP contribution >= 0.6 is 12.2 Å². The van der Waals surface area contributed by atoms with Gasteiger partial charge in [0, 0.05) is 11.6 Å². The molecule has 0 spiro atoms. The Kier molecular flexibility index (Phi) is 3.88. The maximum absolute atomic E-state index is 14.6. The Morgan fingerprint density at radius 1 is 1.29 bits per heavy atom. The fourth-order valence-electron chi connectivity index (χ4n) is 2.06. The molecule has 1 aliphatic heterocycles. The maximum atomic E-state index is 14.6. The van der Waals surface area contributed by atoms with Crippen molar-refractivity contribution in [3.05, 3.63) is 29.3 Å². The van der Waals surface area contributed by atoms with Crippen molar-refractivity contribution in [3.8, 4) is 0 Å². The summed E-state index contributed by atoms with van der Waals surface area (Å²) in [5, 5.41) is 2.37. The fraction of sp³-hybridized carbons (Fsp3) is 0.462. The van der Waals surface area contributed by atoms with E-state index < -0.39 is 40.5 Å². The van der Waals surface area contributed by atoms with Crippen LogP contribution < -0.4 is 11.1 Å². The Balaban J connectivity index is 2.58. The Morgan fingerprint density at radius 2 is 1.90 bits per heavy atom. The SMILES string of the molecule is CC1(C)OCC(=S)N[C@H](c2cc(N)c(F)cc2F)C1(F)F. The molecule has 1 heterocycles. The fourth-order valence-corrected chi connectivity index (χ4v) is 2.24. The Labute approximate surface area is 124 Å². The van der Waals surface area contributed by atoms with E-state index in [1.54, 1.807) is 0 Å². The standard InChI is InChI=1S/C13H14F4N2OS/c1-12(2)13(16,17)11(19-10(21)5-20-12)6-3-9(18)8(15)4-7(6)14/h3-4,11H,5,18H2,1-2H3,(H,19,21)/t11-/m1/s1. The lowest BCUT2D eigenvalue weighted by atomic mass is 9.88. The number of halogens is 4. The van der Waals surface area contributed by atoms with Crippen molar-refractivity contribution in [2.45, 2.75) is 31.4 Å². The molecule has 0 aromatic heterocycles. The third kappa shape index (κ3) is 2.69. The van der Waals surface area contributed by atoms with Crippen molar-refractivity contribution in [1.29, 1.82) is 0 Å². The minimum atomic E-state index is -3.50. The molecule has 3 nitrogen and oxygen atoms in total. The van der Waals surface area contributed by atoms with Crippen molar-refractivity contribution < 1.29 is 22.3 Å². The van der Waals surface area contributed by atoms with Crippen LogP contribution in [0, 0.1) is 11.6 Å². The molecule has 0 bridgehead atoms. The highest BCUT2D eigenvalue weighted by Gasteiger charge is 2.57. The first-order valence-electron chi connectivity index (χ1n) is 6.12. The van der Waals surface area contributed by atoms with Crippen molar-refractivity contribution in [3.63, 3.8) is 0 Å². The molecule has 1 saturated heterocycles. The smallest absolute Gasteiger partial charge is 0.299 e. The topological polar surface area (TPSA) is 47.3 Å². The number of benzene rings is 1. The number of thiocarbonyl (C=S) groups is 1. The zero-order chi connectivity index (χ0) is 16.0. The lowest BCUT2D eigenvalue weighted by Gasteiger charge is -2.36. The molecule has 0 unspecified atom stereocenters. The molecule has 8 heteroatoms. The number of hydrogen-bond donors (Lipinski definition) is 2. The summed E-state index contributed by atoms with van der Waals surface area (Å²) in [5.41, 5.74) is 2.58. The van der Waals surface area contributed by atoms with Crippen LogP contribution in [0.15, 0.2) is 12.1 Å². The van der Waals surface area contributed by atoms with Gasteiger partial charge in [-0.15, -0.1) is 0 Å². The third-order valence-corrected chi connectivity index (χ3v) is 3.70. The van der Waals surface area contributed by atoms with Crippen molar-refractivity contribution >= 4 is 22.9 Å². The number of ether oxygens (including phenoxy) is 1. The molecule has 3 N–H and O–H groups in total. The second-order valence-corrected chi connectivity index (χ2v) is 5.81. The predicted molar refractivity (Wildman–Crippen MR) is 74.2 cm³/mol. The maximum Gasteiger partial charge on any atom is 0.299 e. The predicted octanol–water partition coefficient (Wildman–Crippen LogP) is 2.95. The molecule has 1 fully saturated rings. The van der Waals surface area contributed by atoms with Crippen LogP contribution in [0.2, 0.25) is 0 Å². The summed E-state index contributed by atoms with van der Waals surface area (Å²) in [6.07, 6.45) is 0. The first kappa shape index (κ1) is 16.0. The molecule has 21 heavy (non-hydrogen) atoms. The summed E-state index contributed by atoms with van der Waals surface area (Å²) in [6, 6.07) is -0.477. The minimum Gasteiger partial charge on any atom is -0.396 e. The molecule has 1 aliphatic rings. The van der Waals surface area contributed by atoms with Crippen LogP contribution in [0.25, 0.3) is 0 Å². The van der Waals surface area contributed by atoms with Crippen molar-refractivity contribution in [2.24, 2.45) is 0 Å². The van der Waals surface area contributed by atoms with E-state index in [-0.39, 0.29) is 11.6 Å². The van der Waals surface area contributed by atoms with Crippen molar-refractivity contribution in [2.75, 3.05) is 12.3 Å². The van der Waals surface area contributed by atoms with E-state index in [1.807, 2.05) is 0 Å². The zero-order valence-corrected chi connectivity index (χ0v) is 12.2. The van der Waals surface area contributed by atoms with Gasteiger partial charge in [-0.05, 0) is 19.9 Å². The van der Waals surface area contributed by atoms with Gasteiger partial charge in [0.05, 0.1) is 12.3 Å². The van der Waals surface area contributed by atoms with Crippen LogP contribution in [0.1, 0.15) is 25.5 Å². The van der Waals surface area contributed by atoms with Gasteiger partial charge < -0.3 is 15.8 Å². The Morgan fingerprint density at radius 3 is 2.52 bits per heavy atom. The molecule has 1 aromatic rings. The van der Waals surface area contributed by atoms with Gasteiger partial charge in [-0.1, -0.05) is 12.2 Å².